The molecule has 1 atom stereocenters. The van der Waals surface area contributed by atoms with E-state index in [9.17, 15) is 0 Å². The van der Waals surface area contributed by atoms with Crippen molar-refractivity contribution in [1.29, 1.82) is 0 Å². The number of anilines is 1. The maximum Gasteiger partial charge on any atom is 0.0370 e. The van der Waals surface area contributed by atoms with Crippen LogP contribution in [0.4, 0.5) is 5.69 Å². The van der Waals surface area contributed by atoms with Crippen LogP contribution in [0.15, 0.2) is 24.3 Å². The molecule has 3 rings (SSSR count). The Balaban J connectivity index is 1.79. The van der Waals surface area contributed by atoms with Crippen LogP contribution >= 0.6 is 0 Å². The number of nitrogens with one attached hydrogen (secondary N) is 1. The number of benzene rings is 1. The van der Waals surface area contributed by atoms with Crippen molar-refractivity contribution < 1.29 is 0 Å². The third-order valence-electron chi connectivity index (χ3n) is 4.81. The Morgan fingerprint density at radius 1 is 1.32 bits per heavy atom. The predicted molar refractivity (Wildman–Crippen MR) is 81.9 cm³/mol. The van der Waals surface area contributed by atoms with Gasteiger partial charge in [0.15, 0.2) is 0 Å². The first-order valence-corrected chi connectivity index (χ1v) is 7.68. The number of hydrogen-bond donors (Lipinski definition) is 1. The lowest BCUT2D eigenvalue weighted by Crippen LogP contribution is -2.60. The van der Waals surface area contributed by atoms with Crippen molar-refractivity contribution in [2.24, 2.45) is 5.92 Å². The van der Waals surface area contributed by atoms with E-state index in [2.05, 4.69) is 55.3 Å². The molecule has 1 aromatic carbocycles. The fourth-order valence-corrected chi connectivity index (χ4v) is 3.30. The fraction of sp³-hybridized carbons (Fsp3) is 0.647. The van der Waals surface area contributed by atoms with Gasteiger partial charge < -0.3 is 10.2 Å². The first-order valence-electron chi connectivity index (χ1n) is 7.68. The lowest BCUT2D eigenvalue weighted by atomic mass is 9.92. The van der Waals surface area contributed by atoms with E-state index in [0.717, 1.165) is 25.6 Å². The molecule has 1 aromatic rings. The molecule has 2 nitrogen and oxygen atoms in total. The summed E-state index contributed by atoms with van der Waals surface area (Å²) in [5.74, 6) is 1.50. The molecule has 1 unspecified atom stereocenters. The Morgan fingerprint density at radius 2 is 2.11 bits per heavy atom. The summed E-state index contributed by atoms with van der Waals surface area (Å²) in [6.45, 7) is 10.3. The van der Waals surface area contributed by atoms with Crippen molar-refractivity contribution in [3.63, 3.8) is 0 Å². The first kappa shape index (κ1) is 13.0. The van der Waals surface area contributed by atoms with Crippen LogP contribution < -0.4 is 10.2 Å². The third-order valence-corrected chi connectivity index (χ3v) is 4.81. The summed E-state index contributed by atoms with van der Waals surface area (Å²) < 4.78 is 0. The van der Waals surface area contributed by atoms with Crippen LogP contribution in [0.1, 0.15) is 45.1 Å². The van der Waals surface area contributed by atoms with Gasteiger partial charge in [-0.1, -0.05) is 26.0 Å². The van der Waals surface area contributed by atoms with Crippen LogP contribution in [0.2, 0.25) is 0 Å². The van der Waals surface area contributed by atoms with Gasteiger partial charge in [0.2, 0.25) is 0 Å². The Labute approximate surface area is 117 Å². The van der Waals surface area contributed by atoms with Crippen molar-refractivity contribution >= 4 is 5.69 Å². The summed E-state index contributed by atoms with van der Waals surface area (Å²) in [7, 11) is 0. The molecule has 2 heteroatoms. The van der Waals surface area contributed by atoms with Gasteiger partial charge in [-0.3, -0.25) is 0 Å². The van der Waals surface area contributed by atoms with Crippen LogP contribution in [0.5, 0.6) is 0 Å². The summed E-state index contributed by atoms with van der Waals surface area (Å²) in [6, 6.07) is 9.10. The first-order chi connectivity index (χ1) is 9.08. The van der Waals surface area contributed by atoms with Crippen molar-refractivity contribution in [2.45, 2.75) is 45.1 Å². The lowest BCUT2D eigenvalue weighted by molar-refractivity contribution is 0.285. The molecule has 1 saturated heterocycles. The van der Waals surface area contributed by atoms with Crippen LogP contribution in [-0.4, -0.2) is 25.2 Å². The van der Waals surface area contributed by atoms with Crippen LogP contribution in [0, 0.1) is 5.92 Å². The summed E-state index contributed by atoms with van der Waals surface area (Å²) in [4.78, 5) is 2.57. The molecule has 0 spiro atoms. The van der Waals surface area contributed by atoms with Crippen LogP contribution in [0.3, 0.4) is 0 Å². The second kappa shape index (κ2) is 4.82. The number of hydrogen-bond acceptors (Lipinski definition) is 2. The average molecular weight is 258 g/mol. The zero-order chi connectivity index (χ0) is 13.5. The Hall–Kier alpha value is -1.02. The molecule has 2 aliphatic rings. The van der Waals surface area contributed by atoms with Crippen LogP contribution in [0.25, 0.3) is 0 Å². The molecule has 1 heterocycles. The zero-order valence-corrected chi connectivity index (χ0v) is 12.4. The second-order valence-electron chi connectivity index (χ2n) is 6.79. The van der Waals surface area contributed by atoms with E-state index in [1.807, 2.05) is 0 Å². The van der Waals surface area contributed by atoms with Gasteiger partial charge in [0, 0.05) is 30.9 Å². The highest BCUT2D eigenvalue weighted by Gasteiger charge is 2.43. The second-order valence-corrected chi connectivity index (χ2v) is 6.79. The largest absolute Gasteiger partial charge is 0.368 e. The number of piperazine rings is 1. The molecular weight excluding hydrogens is 232 g/mol. The summed E-state index contributed by atoms with van der Waals surface area (Å²) >= 11 is 0. The third kappa shape index (κ3) is 2.64. The quantitative estimate of drug-likeness (QED) is 0.894. The number of nitrogens with zero attached hydrogens (tertiary/aromatic N) is 1. The highest BCUT2D eigenvalue weighted by molar-refractivity contribution is 5.50. The maximum absolute atomic E-state index is 3.75. The van der Waals surface area contributed by atoms with Crippen molar-refractivity contribution in [2.75, 3.05) is 24.5 Å². The van der Waals surface area contributed by atoms with E-state index >= 15 is 0 Å². The van der Waals surface area contributed by atoms with E-state index in [4.69, 9.17) is 0 Å². The Kier molecular flexibility index (Phi) is 3.30. The van der Waals surface area contributed by atoms with E-state index < -0.39 is 0 Å². The number of rotatable bonds is 3. The minimum absolute atomic E-state index is 0.325. The minimum Gasteiger partial charge on any atom is -0.368 e. The SMILES string of the molecule is CC(C)c1cccc(N2CCNC(C)(C3CC3)C2)c1. The highest BCUT2D eigenvalue weighted by Crippen LogP contribution is 2.41. The van der Waals surface area contributed by atoms with Gasteiger partial charge in [-0.05, 0) is 49.3 Å². The van der Waals surface area contributed by atoms with E-state index in [1.54, 1.807) is 0 Å². The maximum atomic E-state index is 3.75. The van der Waals surface area contributed by atoms with Gasteiger partial charge in [0.05, 0.1) is 0 Å². The predicted octanol–water partition coefficient (Wildman–Crippen LogP) is 3.39. The molecule has 0 aromatic heterocycles. The molecule has 0 amide bonds. The zero-order valence-electron chi connectivity index (χ0n) is 12.4. The molecule has 0 radical (unpaired) electrons. The topological polar surface area (TPSA) is 15.3 Å². The van der Waals surface area contributed by atoms with E-state index in [1.165, 1.54) is 24.1 Å². The molecule has 1 N–H and O–H groups in total. The van der Waals surface area contributed by atoms with Gasteiger partial charge in [0.1, 0.15) is 0 Å². The molecule has 104 valence electrons. The summed E-state index contributed by atoms with van der Waals surface area (Å²) in [5.41, 5.74) is 3.18. The van der Waals surface area contributed by atoms with Crippen molar-refractivity contribution in [1.82, 2.24) is 5.32 Å². The Bertz CT molecular complexity index is 450. The molecule has 19 heavy (non-hydrogen) atoms. The van der Waals surface area contributed by atoms with Crippen LogP contribution in [-0.2, 0) is 0 Å². The van der Waals surface area contributed by atoms with Gasteiger partial charge >= 0.3 is 0 Å². The van der Waals surface area contributed by atoms with E-state index in [-0.39, 0.29) is 0 Å². The summed E-state index contributed by atoms with van der Waals surface area (Å²) in [6.07, 6.45) is 2.81. The molecule has 1 aliphatic heterocycles. The highest BCUT2D eigenvalue weighted by atomic mass is 15.2. The Morgan fingerprint density at radius 3 is 2.79 bits per heavy atom. The minimum atomic E-state index is 0.325. The van der Waals surface area contributed by atoms with Crippen molar-refractivity contribution in [3.8, 4) is 0 Å². The molecule has 1 aliphatic carbocycles. The fourth-order valence-electron chi connectivity index (χ4n) is 3.30. The molecular formula is C17H26N2. The molecule has 0 bridgehead atoms. The summed E-state index contributed by atoms with van der Waals surface area (Å²) in [5, 5.41) is 3.75. The normalized spacial score (nSPS) is 27.9. The molecule has 2 fully saturated rings. The standard InChI is InChI=1S/C17H26N2/c1-13(2)14-5-4-6-16(11-14)19-10-9-18-17(3,12-19)15-7-8-15/h4-6,11,13,15,18H,7-10,12H2,1-3H3. The lowest BCUT2D eigenvalue weighted by Gasteiger charge is -2.43. The monoisotopic (exact) mass is 258 g/mol. The van der Waals surface area contributed by atoms with Gasteiger partial charge in [0.25, 0.3) is 0 Å². The molecule has 1 saturated carbocycles. The van der Waals surface area contributed by atoms with Gasteiger partial charge in [-0.25, -0.2) is 0 Å². The smallest absolute Gasteiger partial charge is 0.0370 e. The van der Waals surface area contributed by atoms with E-state index in [0.29, 0.717) is 11.5 Å². The van der Waals surface area contributed by atoms with Gasteiger partial charge in [-0.15, -0.1) is 0 Å². The average Bonchev–Trinajstić information content (AvgIpc) is 3.23. The van der Waals surface area contributed by atoms with Gasteiger partial charge in [-0.2, -0.15) is 0 Å². The van der Waals surface area contributed by atoms with Crippen molar-refractivity contribution in [3.05, 3.63) is 29.8 Å².